The van der Waals surface area contributed by atoms with Gasteiger partial charge in [-0.15, -0.1) is 0 Å². The Morgan fingerprint density at radius 3 is 2.93 bits per heavy atom. The van der Waals surface area contributed by atoms with Crippen molar-refractivity contribution in [3.63, 3.8) is 0 Å². The molecule has 0 unspecified atom stereocenters. The lowest BCUT2D eigenvalue weighted by Gasteiger charge is -1.99. The number of aryl methyl sites for hydroxylation is 1. The lowest BCUT2D eigenvalue weighted by molar-refractivity contribution is 0.277. The molecule has 2 aromatic heterocycles. The third-order valence-electron chi connectivity index (χ3n) is 2.07. The highest BCUT2D eigenvalue weighted by Crippen LogP contribution is 2.18. The normalized spacial score (nSPS) is 10.4. The Hall–Kier alpha value is -1.68. The van der Waals surface area contributed by atoms with Gasteiger partial charge in [0.2, 0.25) is 0 Å². The summed E-state index contributed by atoms with van der Waals surface area (Å²) in [5, 5.41) is 8.88. The first-order valence-electron chi connectivity index (χ1n) is 4.37. The predicted octanol–water partition coefficient (Wildman–Crippen LogP) is 1.27. The van der Waals surface area contributed by atoms with E-state index in [1.165, 1.54) is 0 Å². The van der Waals surface area contributed by atoms with Gasteiger partial charge < -0.3 is 10.1 Å². The van der Waals surface area contributed by atoms with Crippen molar-refractivity contribution in [3.8, 4) is 11.4 Å². The molecule has 0 aliphatic heterocycles. The van der Waals surface area contributed by atoms with E-state index in [4.69, 9.17) is 5.11 Å². The van der Waals surface area contributed by atoms with Crippen LogP contribution in [0.5, 0.6) is 0 Å². The molecule has 0 saturated heterocycles. The van der Waals surface area contributed by atoms with Gasteiger partial charge in [0, 0.05) is 18.0 Å². The van der Waals surface area contributed by atoms with Gasteiger partial charge in [-0.1, -0.05) is 0 Å². The first kappa shape index (κ1) is 8.90. The maximum atomic E-state index is 8.88. The number of aromatic amines is 1. The molecule has 2 N–H and O–H groups in total. The smallest absolute Gasteiger partial charge is 0.137 e. The molecule has 4 heteroatoms. The highest BCUT2D eigenvalue weighted by Gasteiger charge is 2.04. The lowest BCUT2D eigenvalue weighted by Crippen LogP contribution is -1.87. The maximum absolute atomic E-state index is 8.88. The fraction of sp³-hybridized carbons (Fsp3) is 0.200. The summed E-state index contributed by atoms with van der Waals surface area (Å²) in [4.78, 5) is 11.2. The number of nitrogens with one attached hydrogen (secondary N) is 1. The molecule has 0 amide bonds. The minimum Gasteiger partial charge on any atom is -0.390 e. The topological polar surface area (TPSA) is 61.8 Å². The third-order valence-corrected chi connectivity index (χ3v) is 2.07. The maximum Gasteiger partial charge on any atom is 0.137 e. The Labute approximate surface area is 81.7 Å². The Kier molecular flexibility index (Phi) is 2.28. The molecule has 0 spiro atoms. The van der Waals surface area contributed by atoms with E-state index in [1.54, 1.807) is 18.6 Å². The van der Waals surface area contributed by atoms with E-state index < -0.39 is 0 Å². The molecule has 0 radical (unpaired) electrons. The zero-order chi connectivity index (χ0) is 9.97. The number of aromatic nitrogens is 3. The van der Waals surface area contributed by atoms with Gasteiger partial charge in [-0.05, 0) is 18.6 Å². The van der Waals surface area contributed by atoms with E-state index in [-0.39, 0.29) is 6.61 Å². The van der Waals surface area contributed by atoms with Gasteiger partial charge in [-0.3, -0.25) is 4.98 Å². The van der Waals surface area contributed by atoms with Crippen LogP contribution < -0.4 is 0 Å². The lowest BCUT2D eigenvalue weighted by atomic mass is 10.1. The zero-order valence-corrected chi connectivity index (χ0v) is 7.86. The Morgan fingerprint density at radius 1 is 1.43 bits per heavy atom. The van der Waals surface area contributed by atoms with E-state index in [1.807, 2.05) is 13.0 Å². The molecule has 72 valence electrons. The number of nitrogens with zero attached hydrogens (tertiary/aromatic N) is 2. The molecule has 0 saturated carbocycles. The largest absolute Gasteiger partial charge is 0.390 e. The summed E-state index contributed by atoms with van der Waals surface area (Å²) in [7, 11) is 0. The van der Waals surface area contributed by atoms with E-state index >= 15 is 0 Å². The summed E-state index contributed by atoms with van der Waals surface area (Å²) in [5.41, 5.74) is 2.79. The van der Waals surface area contributed by atoms with Crippen molar-refractivity contribution in [1.29, 1.82) is 0 Å². The second-order valence-electron chi connectivity index (χ2n) is 3.11. The van der Waals surface area contributed by atoms with Crippen LogP contribution in [0.25, 0.3) is 11.4 Å². The quantitative estimate of drug-likeness (QED) is 0.747. The molecule has 0 fully saturated rings. The van der Waals surface area contributed by atoms with Crippen molar-refractivity contribution in [2.24, 2.45) is 0 Å². The summed E-state index contributed by atoms with van der Waals surface area (Å²) < 4.78 is 0. The number of hydrogen-bond acceptors (Lipinski definition) is 3. The number of hydrogen-bond donors (Lipinski definition) is 2. The predicted molar refractivity (Wildman–Crippen MR) is 52.5 cm³/mol. The number of rotatable bonds is 2. The summed E-state index contributed by atoms with van der Waals surface area (Å²) in [5.74, 6) is 0.772. The Morgan fingerprint density at radius 2 is 2.29 bits per heavy atom. The standard InChI is InChI=1S/C10H11N3O/c1-7-4-11-3-2-9(7)10-12-5-8(6-14)13-10/h2-5,14H,6H2,1H3,(H,12,13). The van der Waals surface area contributed by atoms with Crippen LogP contribution in [0.15, 0.2) is 24.7 Å². The summed E-state index contributed by atoms with van der Waals surface area (Å²) in [6.45, 7) is 1.96. The zero-order valence-electron chi connectivity index (χ0n) is 7.86. The van der Waals surface area contributed by atoms with E-state index in [9.17, 15) is 0 Å². The molecular weight excluding hydrogens is 178 g/mol. The molecule has 0 bridgehead atoms. The number of aliphatic hydroxyl groups is 1. The molecule has 4 nitrogen and oxygen atoms in total. The molecule has 14 heavy (non-hydrogen) atoms. The van der Waals surface area contributed by atoms with Crippen LogP contribution in [0.1, 0.15) is 11.3 Å². The number of imidazole rings is 1. The Balaban J connectivity index is 2.44. The van der Waals surface area contributed by atoms with Crippen LogP contribution in [-0.2, 0) is 6.61 Å². The van der Waals surface area contributed by atoms with Crippen LogP contribution in [-0.4, -0.2) is 20.1 Å². The van der Waals surface area contributed by atoms with E-state index in [0.717, 1.165) is 22.6 Å². The van der Waals surface area contributed by atoms with Crippen molar-refractivity contribution in [2.45, 2.75) is 13.5 Å². The van der Waals surface area contributed by atoms with Crippen molar-refractivity contribution in [2.75, 3.05) is 0 Å². The fourth-order valence-corrected chi connectivity index (χ4v) is 1.32. The molecule has 0 aliphatic carbocycles. The molecule has 0 atom stereocenters. The van der Waals surface area contributed by atoms with Gasteiger partial charge in [0.15, 0.2) is 0 Å². The van der Waals surface area contributed by atoms with Crippen LogP contribution >= 0.6 is 0 Å². The molecule has 2 aromatic rings. The summed E-state index contributed by atoms with van der Waals surface area (Å²) in [6.07, 6.45) is 5.15. The molecule has 0 aliphatic rings. The highest BCUT2D eigenvalue weighted by atomic mass is 16.3. The molecule has 0 aromatic carbocycles. The molecular formula is C10H11N3O. The number of aliphatic hydroxyl groups excluding tert-OH is 1. The number of pyridine rings is 1. The van der Waals surface area contributed by atoms with Crippen molar-refractivity contribution >= 4 is 0 Å². The number of H-pyrrole nitrogens is 1. The minimum atomic E-state index is -0.0167. The van der Waals surface area contributed by atoms with Crippen LogP contribution in [0.3, 0.4) is 0 Å². The van der Waals surface area contributed by atoms with Gasteiger partial charge in [0.25, 0.3) is 0 Å². The fourth-order valence-electron chi connectivity index (χ4n) is 1.32. The van der Waals surface area contributed by atoms with Crippen molar-refractivity contribution in [1.82, 2.24) is 15.0 Å². The van der Waals surface area contributed by atoms with Crippen molar-refractivity contribution < 1.29 is 5.11 Å². The summed E-state index contributed by atoms with van der Waals surface area (Å²) >= 11 is 0. The third kappa shape index (κ3) is 1.52. The van der Waals surface area contributed by atoms with Gasteiger partial charge in [-0.2, -0.15) is 0 Å². The average Bonchev–Trinajstić information content (AvgIpc) is 2.67. The van der Waals surface area contributed by atoms with E-state index in [0.29, 0.717) is 0 Å². The second-order valence-corrected chi connectivity index (χ2v) is 3.11. The van der Waals surface area contributed by atoms with Gasteiger partial charge in [-0.25, -0.2) is 4.98 Å². The Bertz CT molecular complexity index is 436. The van der Waals surface area contributed by atoms with Crippen LogP contribution in [0.2, 0.25) is 0 Å². The summed E-state index contributed by atoms with van der Waals surface area (Å²) in [6, 6.07) is 1.90. The monoisotopic (exact) mass is 189 g/mol. The van der Waals surface area contributed by atoms with Gasteiger partial charge in [0.1, 0.15) is 5.82 Å². The van der Waals surface area contributed by atoms with Crippen LogP contribution in [0.4, 0.5) is 0 Å². The van der Waals surface area contributed by atoms with Crippen LogP contribution in [0, 0.1) is 6.92 Å². The highest BCUT2D eigenvalue weighted by molar-refractivity contribution is 5.58. The van der Waals surface area contributed by atoms with E-state index in [2.05, 4.69) is 15.0 Å². The SMILES string of the molecule is Cc1cnccc1-c1ncc(CO)[nH]1. The second kappa shape index (κ2) is 3.59. The van der Waals surface area contributed by atoms with Crippen molar-refractivity contribution in [3.05, 3.63) is 35.9 Å². The molecule has 2 heterocycles. The first-order valence-corrected chi connectivity index (χ1v) is 4.37. The molecule has 2 rings (SSSR count). The average molecular weight is 189 g/mol. The minimum absolute atomic E-state index is 0.0167. The van der Waals surface area contributed by atoms with Gasteiger partial charge >= 0.3 is 0 Å². The first-order chi connectivity index (χ1) is 6.81. The van der Waals surface area contributed by atoms with Gasteiger partial charge in [0.05, 0.1) is 18.5 Å².